The van der Waals surface area contributed by atoms with Gasteiger partial charge in [0, 0.05) is 18.4 Å². The highest BCUT2D eigenvalue weighted by Crippen LogP contribution is 2.42. The fourth-order valence-corrected chi connectivity index (χ4v) is 4.14. The number of carbonyl (C=O) groups is 3. The Kier molecular flexibility index (Phi) is 8.68. The molecule has 1 unspecified atom stereocenters. The lowest BCUT2D eigenvalue weighted by atomic mass is 9.84. The number of aryl methyl sites for hydroxylation is 1. The maximum atomic E-state index is 13.2. The summed E-state index contributed by atoms with van der Waals surface area (Å²) in [5.74, 6) is -0.589. The first-order chi connectivity index (χ1) is 16.4. The van der Waals surface area contributed by atoms with Gasteiger partial charge in [-0.1, -0.05) is 49.7 Å². The largest absolute Gasteiger partial charge is 0.488 e. The topological polar surface area (TPSA) is 88.1 Å². The molecule has 7 heteroatoms. The molecule has 2 aromatic rings. The van der Waals surface area contributed by atoms with Gasteiger partial charge >= 0.3 is 11.9 Å². The molecule has 0 aromatic heterocycles. The van der Waals surface area contributed by atoms with Gasteiger partial charge in [-0.05, 0) is 37.0 Å². The number of rotatable bonds is 11. The second-order valence-corrected chi connectivity index (χ2v) is 8.20. The number of methoxy groups -OCH3 is 1. The quantitative estimate of drug-likeness (QED) is 0.357. The van der Waals surface area contributed by atoms with Crippen LogP contribution in [0.2, 0.25) is 0 Å². The fourth-order valence-electron chi connectivity index (χ4n) is 4.14. The molecule has 3 rings (SSSR count). The Hall–Kier alpha value is -3.35. The van der Waals surface area contributed by atoms with Crippen molar-refractivity contribution in [2.45, 2.75) is 64.6 Å². The molecule has 0 fully saturated rings. The summed E-state index contributed by atoms with van der Waals surface area (Å²) in [7, 11) is 1.23. The maximum absolute atomic E-state index is 13.2. The Morgan fingerprint density at radius 1 is 1.03 bits per heavy atom. The number of Topliss-reactive ketones (excluding diaryl/α,β-unsaturated/α-hetero) is 1. The van der Waals surface area contributed by atoms with Crippen LogP contribution in [0, 0.1) is 0 Å². The molecule has 1 aliphatic heterocycles. The van der Waals surface area contributed by atoms with Crippen molar-refractivity contribution in [1.82, 2.24) is 0 Å². The van der Waals surface area contributed by atoms with Crippen LogP contribution in [0.3, 0.4) is 0 Å². The maximum Gasteiger partial charge on any atom is 0.358 e. The molecule has 7 nitrogen and oxygen atoms in total. The number of fused-ring (bicyclic) bond motifs is 1. The molecule has 2 aromatic carbocycles. The van der Waals surface area contributed by atoms with E-state index in [1.165, 1.54) is 7.11 Å². The molecule has 0 amide bonds. The van der Waals surface area contributed by atoms with Crippen molar-refractivity contribution in [2.75, 3.05) is 13.7 Å². The van der Waals surface area contributed by atoms with Crippen LogP contribution in [0.4, 0.5) is 0 Å². The summed E-state index contributed by atoms with van der Waals surface area (Å²) in [6, 6.07) is 13.7. The number of hydrogen-bond donors (Lipinski definition) is 0. The van der Waals surface area contributed by atoms with E-state index < -0.39 is 23.3 Å². The van der Waals surface area contributed by atoms with Crippen molar-refractivity contribution in [3.05, 3.63) is 59.2 Å². The lowest BCUT2D eigenvalue weighted by Gasteiger charge is -2.36. The van der Waals surface area contributed by atoms with E-state index in [1.54, 1.807) is 6.92 Å². The van der Waals surface area contributed by atoms with Gasteiger partial charge in [-0.3, -0.25) is 9.59 Å². The first-order valence-electron chi connectivity index (χ1n) is 11.7. The van der Waals surface area contributed by atoms with Crippen LogP contribution < -0.4 is 9.47 Å². The molecule has 0 N–H and O–H groups in total. The smallest absolute Gasteiger partial charge is 0.358 e. The summed E-state index contributed by atoms with van der Waals surface area (Å²) in [5, 5.41) is 0. The molecule has 1 aliphatic rings. The zero-order valence-electron chi connectivity index (χ0n) is 20.1. The number of benzene rings is 2. The minimum atomic E-state index is -1.80. The van der Waals surface area contributed by atoms with E-state index in [0.29, 0.717) is 30.9 Å². The number of esters is 2. The van der Waals surface area contributed by atoms with Gasteiger partial charge in [0.1, 0.15) is 18.1 Å². The highest BCUT2D eigenvalue weighted by atomic mass is 16.6. The van der Waals surface area contributed by atoms with Crippen LogP contribution in [-0.2, 0) is 43.3 Å². The van der Waals surface area contributed by atoms with Gasteiger partial charge in [-0.15, -0.1) is 0 Å². The van der Waals surface area contributed by atoms with Gasteiger partial charge in [0.05, 0.1) is 20.1 Å². The average molecular weight is 469 g/mol. The molecule has 34 heavy (non-hydrogen) atoms. The van der Waals surface area contributed by atoms with Crippen LogP contribution in [0.25, 0.3) is 0 Å². The molecule has 0 saturated carbocycles. The van der Waals surface area contributed by atoms with Crippen LogP contribution >= 0.6 is 0 Å². The van der Waals surface area contributed by atoms with Crippen LogP contribution in [0.5, 0.6) is 11.5 Å². The molecule has 0 aliphatic carbocycles. The van der Waals surface area contributed by atoms with Gasteiger partial charge in [0.25, 0.3) is 5.60 Å². The second kappa shape index (κ2) is 11.7. The summed E-state index contributed by atoms with van der Waals surface area (Å²) in [6.45, 7) is 4.35. The second-order valence-electron chi connectivity index (χ2n) is 8.20. The highest BCUT2D eigenvalue weighted by Gasteiger charge is 2.51. The first-order valence-corrected chi connectivity index (χ1v) is 11.7. The molecule has 0 saturated heterocycles. The molecular formula is C27H32O7. The predicted molar refractivity (Wildman–Crippen MR) is 126 cm³/mol. The summed E-state index contributed by atoms with van der Waals surface area (Å²) >= 11 is 0. The van der Waals surface area contributed by atoms with Crippen LogP contribution in [0.15, 0.2) is 42.5 Å². The molecule has 1 heterocycles. The van der Waals surface area contributed by atoms with E-state index in [2.05, 4.69) is 0 Å². The molecule has 0 spiro atoms. The number of ketones is 1. The van der Waals surface area contributed by atoms with Crippen LogP contribution in [0.1, 0.15) is 56.2 Å². The van der Waals surface area contributed by atoms with E-state index in [4.69, 9.17) is 18.9 Å². The van der Waals surface area contributed by atoms with Crippen molar-refractivity contribution < 1.29 is 33.3 Å². The van der Waals surface area contributed by atoms with Crippen molar-refractivity contribution in [2.24, 2.45) is 0 Å². The van der Waals surface area contributed by atoms with Gasteiger partial charge in [-0.2, -0.15) is 0 Å². The van der Waals surface area contributed by atoms with E-state index in [9.17, 15) is 14.4 Å². The Labute approximate surface area is 200 Å². The number of ether oxygens (including phenoxy) is 4. The predicted octanol–water partition coefficient (Wildman–Crippen LogP) is 4.37. The Morgan fingerprint density at radius 2 is 1.79 bits per heavy atom. The lowest BCUT2D eigenvalue weighted by Crippen LogP contribution is -2.54. The third-order valence-corrected chi connectivity index (χ3v) is 5.89. The van der Waals surface area contributed by atoms with Crippen LogP contribution in [-0.4, -0.2) is 37.0 Å². The standard InChI is InChI=1S/C27H32O7/c1-4-9-21-22(33-18-19-10-7-6-8-11-19)13-12-20-16-17-27(26(30)31-3,34-25(20)21)23(28)14-15-24(29)32-5-2/h6-8,10-13H,4-5,9,14-18H2,1-3H3. The molecule has 1 atom stereocenters. The summed E-state index contributed by atoms with van der Waals surface area (Å²) in [4.78, 5) is 37.9. The van der Waals surface area contributed by atoms with Gasteiger partial charge < -0.3 is 18.9 Å². The third kappa shape index (κ3) is 5.58. The molecule has 182 valence electrons. The normalized spacial score (nSPS) is 16.7. The first kappa shape index (κ1) is 25.3. The third-order valence-electron chi connectivity index (χ3n) is 5.89. The average Bonchev–Trinajstić information content (AvgIpc) is 2.86. The van der Waals surface area contributed by atoms with E-state index in [0.717, 1.165) is 23.1 Å². The lowest BCUT2D eigenvalue weighted by molar-refractivity contribution is -0.167. The van der Waals surface area contributed by atoms with E-state index >= 15 is 0 Å². The molecule has 0 radical (unpaired) electrons. The molecular weight excluding hydrogens is 436 g/mol. The zero-order valence-corrected chi connectivity index (χ0v) is 20.1. The van der Waals surface area contributed by atoms with Crippen molar-refractivity contribution in [3.63, 3.8) is 0 Å². The summed E-state index contributed by atoms with van der Waals surface area (Å²) < 4.78 is 22.3. The highest BCUT2D eigenvalue weighted by molar-refractivity contribution is 6.08. The minimum Gasteiger partial charge on any atom is -0.488 e. The Bertz CT molecular complexity index is 1020. The minimum absolute atomic E-state index is 0.121. The van der Waals surface area contributed by atoms with Gasteiger partial charge in [0.2, 0.25) is 0 Å². The monoisotopic (exact) mass is 468 g/mol. The summed E-state index contributed by atoms with van der Waals surface area (Å²) in [5.41, 5.74) is 0.964. The summed E-state index contributed by atoms with van der Waals surface area (Å²) in [6.07, 6.45) is 1.79. The van der Waals surface area contributed by atoms with Crippen molar-refractivity contribution >= 4 is 17.7 Å². The molecule has 0 bridgehead atoms. The Balaban J connectivity index is 1.91. The fraction of sp³-hybridized carbons (Fsp3) is 0.444. The van der Waals surface area contributed by atoms with Gasteiger partial charge in [-0.25, -0.2) is 4.79 Å². The van der Waals surface area contributed by atoms with E-state index in [-0.39, 0.29) is 25.9 Å². The number of carbonyl (C=O) groups excluding carboxylic acids is 3. The zero-order chi connectivity index (χ0) is 24.6. The van der Waals surface area contributed by atoms with Gasteiger partial charge in [0.15, 0.2) is 5.78 Å². The van der Waals surface area contributed by atoms with Crippen molar-refractivity contribution in [3.8, 4) is 11.5 Å². The SMILES string of the molecule is CCCc1c(OCc2ccccc2)ccc2c1OC(C(=O)CCC(=O)OCC)(C(=O)OC)CC2. The van der Waals surface area contributed by atoms with Crippen molar-refractivity contribution in [1.29, 1.82) is 0 Å². The Morgan fingerprint density at radius 3 is 2.47 bits per heavy atom. The van der Waals surface area contributed by atoms with E-state index in [1.807, 2.05) is 49.4 Å². The number of hydrogen-bond acceptors (Lipinski definition) is 7.